The molecule has 6 heteroatoms. The number of hydrogen-bond donors (Lipinski definition) is 0. The first-order valence-corrected chi connectivity index (χ1v) is 9.94. The summed E-state index contributed by atoms with van der Waals surface area (Å²) in [5.41, 5.74) is 2.32. The van der Waals surface area contributed by atoms with Crippen LogP contribution in [0.15, 0.2) is 73.1 Å². The minimum absolute atomic E-state index is 0.437. The number of piperazine rings is 1. The van der Waals surface area contributed by atoms with Crippen LogP contribution in [0.5, 0.6) is 0 Å². The maximum atomic E-state index is 14.1. The highest BCUT2D eigenvalue weighted by atomic mass is 19.1. The van der Waals surface area contributed by atoms with Crippen LogP contribution in [0.4, 0.5) is 20.3 Å². The summed E-state index contributed by atoms with van der Waals surface area (Å²) in [6.07, 6.45) is 3.55. The van der Waals surface area contributed by atoms with Crippen molar-refractivity contribution in [2.75, 3.05) is 36.0 Å². The monoisotopic (exact) mass is 402 g/mol. The van der Waals surface area contributed by atoms with Crippen LogP contribution in [0.3, 0.4) is 0 Å². The molecule has 1 aliphatic rings. The van der Waals surface area contributed by atoms with Gasteiger partial charge in [-0.05, 0) is 22.9 Å². The quantitative estimate of drug-likeness (QED) is 0.488. The maximum absolute atomic E-state index is 14.1. The molecule has 0 saturated carbocycles. The molecule has 4 aromatic rings. The van der Waals surface area contributed by atoms with Crippen LogP contribution < -0.4 is 9.80 Å². The molecule has 150 valence electrons. The molecule has 0 atom stereocenters. The van der Waals surface area contributed by atoms with Gasteiger partial charge in [-0.3, -0.25) is 4.98 Å². The van der Waals surface area contributed by atoms with Gasteiger partial charge >= 0.3 is 0 Å². The van der Waals surface area contributed by atoms with E-state index in [1.54, 1.807) is 12.4 Å². The molecular weight excluding hydrogens is 382 g/mol. The molecule has 0 amide bonds. The number of hydrogen-bond acceptors (Lipinski definition) is 4. The summed E-state index contributed by atoms with van der Waals surface area (Å²) in [7, 11) is 0. The first kappa shape index (κ1) is 18.5. The van der Waals surface area contributed by atoms with Crippen molar-refractivity contribution in [3.8, 4) is 11.3 Å². The fourth-order valence-electron chi connectivity index (χ4n) is 4.00. The van der Waals surface area contributed by atoms with E-state index in [0.717, 1.165) is 33.9 Å². The Balaban J connectivity index is 1.38. The summed E-state index contributed by atoms with van der Waals surface area (Å²) < 4.78 is 27.3. The predicted molar refractivity (Wildman–Crippen MR) is 116 cm³/mol. The van der Waals surface area contributed by atoms with Crippen LogP contribution in [-0.2, 0) is 0 Å². The van der Waals surface area contributed by atoms with Crippen LogP contribution in [0.1, 0.15) is 0 Å². The molecule has 1 aromatic heterocycles. The standard InChI is InChI=1S/C24H20F2N4/c25-18-8-9-23(21(26)14-18)29-10-12-30(13-11-29)24-16-27-15-22(28-24)20-7-3-5-17-4-1-2-6-19(17)20/h1-9,14-16H,10-13H2. The minimum atomic E-state index is -0.560. The van der Waals surface area contributed by atoms with E-state index in [2.05, 4.69) is 34.1 Å². The van der Waals surface area contributed by atoms with Crippen molar-refractivity contribution in [1.29, 1.82) is 0 Å². The summed E-state index contributed by atoms with van der Waals surface area (Å²) in [4.78, 5) is 13.4. The highest BCUT2D eigenvalue weighted by molar-refractivity contribution is 5.95. The molecule has 0 spiro atoms. The summed E-state index contributed by atoms with van der Waals surface area (Å²) in [5.74, 6) is -0.281. The van der Waals surface area contributed by atoms with E-state index < -0.39 is 11.6 Å². The first-order valence-electron chi connectivity index (χ1n) is 9.94. The molecule has 5 rings (SSSR count). The largest absolute Gasteiger partial charge is 0.366 e. The number of anilines is 2. The molecule has 0 radical (unpaired) electrons. The zero-order valence-electron chi connectivity index (χ0n) is 16.3. The van der Waals surface area contributed by atoms with Gasteiger partial charge in [0.15, 0.2) is 0 Å². The average molecular weight is 402 g/mol. The Kier molecular flexibility index (Phi) is 4.75. The highest BCUT2D eigenvalue weighted by Gasteiger charge is 2.21. The lowest BCUT2D eigenvalue weighted by atomic mass is 10.0. The molecule has 2 heterocycles. The van der Waals surface area contributed by atoms with Gasteiger partial charge in [0.1, 0.15) is 17.5 Å². The van der Waals surface area contributed by atoms with Crippen molar-refractivity contribution in [3.05, 3.63) is 84.7 Å². The van der Waals surface area contributed by atoms with E-state index in [1.807, 2.05) is 23.1 Å². The lowest BCUT2D eigenvalue weighted by Gasteiger charge is -2.36. The molecule has 0 N–H and O–H groups in total. The van der Waals surface area contributed by atoms with Gasteiger partial charge in [-0.15, -0.1) is 0 Å². The zero-order valence-corrected chi connectivity index (χ0v) is 16.3. The van der Waals surface area contributed by atoms with Gasteiger partial charge in [0.05, 0.1) is 23.8 Å². The lowest BCUT2D eigenvalue weighted by Crippen LogP contribution is -2.47. The number of halogens is 2. The summed E-state index contributed by atoms with van der Waals surface area (Å²) in [6.45, 7) is 2.63. The Morgan fingerprint density at radius 2 is 1.53 bits per heavy atom. The second-order valence-electron chi connectivity index (χ2n) is 7.36. The van der Waals surface area contributed by atoms with Crippen LogP contribution in [0.25, 0.3) is 22.0 Å². The normalized spacial score (nSPS) is 14.3. The summed E-state index contributed by atoms with van der Waals surface area (Å²) in [5, 5.41) is 2.31. The number of nitrogens with zero attached hydrogens (tertiary/aromatic N) is 4. The summed E-state index contributed by atoms with van der Waals surface area (Å²) >= 11 is 0. The second-order valence-corrected chi connectivity index (χ2v) is 7.36. The van der Waals surface area contributed by atoms with Crippen LogP contribution >= 0.6 is 0 Å². The van der Waals surface area contributed by atoms with Gasteiger partial charge in [0.25, 0.3) is 0 Å². The van der Waals surface area contributed by atoms with Gasteiger partial charge in [-0.25, -0.2) is 13.8 Å². The number of benzene rings is 3. The highest BCUT2D eigenvalue weighted by Crippen LogP contribution is 2.28. The molecule has 0 bridgehead atoms. The Hall–Kier alpha value is -3.54. The first-order chi connectivity index (χ1) is 14.7. The third kappa shape index (κ3) is 3.45. The predicted octanol–water partition coefficient (Wildman–Crippen LogP) is 4.90. The third-order valence-corrected chi connectivity index (χ3v) is 5.54. The Morgan fingerprint density at radius 1 is 0.767 bits per heavy atom. The minimum Gasteiger partial charge on any atom is -0.366 e. The van der Waals surface area contributed by atoms with Crippen molar-refractivity contribution in [2.45, 2.75) is 0 Å². The zero-order chi connectivity index (χ0) is 20.5. The van der Waals surface area contributed by atoms with Gasteiger partial charge in [-0.1, -0.05) is 42.5 Å². The Bertz CT molecular complexity index is 1200. The summed E-state index contributed by atoms with van der Waals surface area (Å²) in [6, 6.07) is 18.1. The number of fused-ring (bicyclic) bond motifs is 1. The van der Waals surface area contributed by atoms with Gasteiger partial charge in [0, 0.05) is 37.8 Å². The van der Waals surface area contributed by atoms with Crippen LogP contribution in [0, 0.1) is 11.6 Å². The van der Waals surface area contributed by atoms with Crippen molar-refractivity contribution in [1.82, 2.24) is 9.97 Å². The van der Waals surface area contributed by atoms with E-state index in [1.165, 1.54) is 12.1 Å². The Morgan fingerprint density at radius 3 is 2.37 bits per heavy atom. The molecule has 0 unspecified atom stereocenters. The van der Waals surface area contributed by atoms with Gasteiger partial charge in [0.2, 0.25) is 0 Å². The second kappa shape index (κ2) is 7.71. The van der Waals surface area contributed by atoms with E-state index in [4.69, 9.17) is 4.98 Å². The average Bonchev–Trinajstić information content (AvgIpc) is 2.79. The van der Waals surface area contributed by atoms with Crippen molar-refractivity contribution < 1.29 is 8.78 Å². The Labute approximate surface area is 173 Å². The molecule has 3 aromatic carbocycles. The van der Waals surface area contributed by atoms with Crippen LogP contribution in [-0.4, -0.2) is 36.1 Å². The van der Waals surface area contributed by atoms with Crippen LogP contribution in [0.2, 0.25) is 0 Å². The van der Waals surface area contributed by atoms with Crippen molar-refractivity contribution >= 4 is 22.3 Å². The van der Waals surface area contributed by atoms with Gasteiger partial charge in [-0.2, -0.15) is 0 Å². The molecule has 30 heavy (non-hydrogen) atoms. The third-order valence-electron chi connectivity index (χ3n) is 5.54. The molecule has 1 aliphatic heterocycles. The lowest BCUT2D eigenvalue weighted by molar-refractivity contribution is 0.570. The van der Waals surface area contributed by atoms with E-state index in [9.17, 15) is 8.78 Å². The van der Waals surface area contributed by atoms with Gasteiger partial charge < -0.3 is 9.80 Å². The topological polar surface area (TPSA) is 32.3 Å². The van der Waals surface area contributed by atoms with E-state index >= 15 is 0 Å². The van der Waals surface area contributed by atoms with Crippen molar-refractivity contribution in [3.63, 3.8) is 0 Å². The molecule has 4 nitrogen and oxygen atoms in total. The molecule has 1 saturated heterocycles. The molecule has 1 fully saturated rings. The fraction of sp³-hybridized carbons (Fsp3) is 0.167. The maximum Gasteiger partial charge on any atom is 0.149 e. The smallest absolute Gasteiger partial charge is 0.149 e. The number of rotatable bonds is 3. The van der Waals surface area contributed by atoms with E-state index in [-0.39, 0.29) is 0 Å². The van der Waals surface area contributed by atoms with E-state index in [0.29, 0.717) is 31.9 Å². The molecule has 0 aliphatic carbocycles. The fourth-order valence-corrected chi connectivity index (χ4v) is 4.00. The van der Waals surface area contributed by atoms with Crippen molar-refractivity contribution in [2.24, 2.45) is 0 Å². The molecular formula is C24H20F2N4. The number of aromatic nitrogens is 2. The SMILES string of the molecule is Fc1ccc(N2CCN(c3cncc(-c4cccc5ccccc45)n3)CC2)c(F)c1.